The first kappa shape index (κ1) is 13.5. The minimum atomic E-state index is 0.589. The standard InChI is InChI=1S/C10H19BrClN/c1-9(2)13(6-4-5-11)8-10(3)7-12/h7,9H,4-6,8H2,1-3H3. The SMILES string of the molecule is CC(=CCl)CN(CCCBr)C(C)C. The van der Waals surface area contributed by atoms with Crippen molar-refractivity contribution in [2.75, 3.05) is 18.4 Å². The quantitative estimate of drug-likeness (QED) is 0.665. The Morgan fingerprint density at radius 1 is 1.54 bits per heavy atom. The van der Waals surface area contributed by atoms with Gasteiger partial charge >= 0.3 is 0 Å². The molecule has 0 radical (unpaired) electrons. The maximum absolute atomic E-state index is 5.64. The molecule has 0 bridgehead atoms. The second kappa shape index (κ2) is 7.84. The van der Waals surface area contributed by atoms with E-state index in [1.807, 2.05) is 0 Å². The van der Waals surface area contributed by atoms with E-state index in [0.717, 1.165) is 18.4 Å². The van der Waals surface area contributed by atoms with Gasteiger partial charge in [0.05, 0.1) is 0 Å². The molecule has 0 rings (SSSR count). The average Bonchev–Trinajstić information content (AvgIpc) is 2.11. The van der Waals surface area contributed by atoms with Crippen molar-refractivity contribution >= 4 is 27.5 Å². The van der Waals surface area contributed by atoms with Crippen LogP contribution >= 0.6 is 27.5 Å². The minimum Gasteiger partial charge on any atom is -0.297 e. The molecular weight excluding hydrogens is 249 g/mol. The number of alkyl halides is 1. The van der Waals surface area contributed by atoms with Crippen LogP contribution in [0.1, 0.15) is 27.2 Å². The fourth-order valence-corrected chi connectivity index (χ4v) is 1.46. The van der Waals surface area contributed by atoms with Crippen LogP contribution in [0, 0.1) is 0 Å². The van der Waals surface area contributed by atoms with Crippen molar-refractivity contribution in [1.82, 2.24) is 4.90 Å². The molecular formula is C10H19BrClN. The van der Waals surface area contributed by atoms with E-state index in [2.05, 4.69) is 41.6 Å². The zero-order valence-electron chi connectivity index (χ0n) is 8.69. The van der Waals surface area contributed by atoms with Crippen LogP contribution in [0.4, 0.5) is 0 Å². The summed E-state index contributed by atoms with van der Waals surface area (Å²) in [5.74, 6) is 0. The van der Waals surface area contributed by atoms with Gasteiger partial charge in [-0.15, -0.1) is 0 Å². The summed E-state index contributed by atoms with van der Waals surface area (Å²) in [6, 6.07) is 0.589. The lowest BCUT2D eigenvalue weighted by atomic mass is 10.2. The summed E-state index contributed by atoms with van der Waals surface area (Å²) < 4.78 is 0. The molecule has 13 heavy (non-hydrogen) atoms. The lowest BCUT2D eigenvalue weighted by Crippen LogP contribution is -2.33. The fraction of sp³-hybridized carbons (Fsp3) is 0.800. The smallest absolute Gasteiger partial charge is 0.0204 e. The molecule has 0 fully saturated rings. The highest BCUT2D eigenvalue weighted by Crippen LogP contribution is 2.06. The predicted octanol–water partition coefficient (Wildman–Crippen LogP) is 3.62. The molecule has 0 aromatic heterocycles. The van der Waals surface area contributed by atoms with Crippen molar-refractivity contribution < 1.29 is 0 Å². The Balaban J connectivity index is 3.94. The molecule has 0 spiro atoms. The van der Waals surface area contributed by atoms with Gasteiger partial charge in [0.2, 0.25) is 0 Å². The molecule has 0 atom stereocenters. The lowest BCUT2D eigenvalue weighted by molar-refractivity contribution is 0.242. The zero-order valence-corrected chi connectivity index (χ0v) is 11.0. The molecule has 0 amide bonds. The zero-order chi connectivity index (χ0) is 10.3. The molecule has 1 nitrogen and oxygen atoms in total. The van der Waals surface area contributed by atoms with Crippen LogP contribution in [0.5, 0.6) is 0 Å². The molecule has 3 heteroatoms. The molecule has 0 N–H and O–H groups in total. The highest BCUT2D eigenvalue weighted by Gasteiger charge is 2.08. The second-order valence-electron chi connectivity index (χ2n) is 3.56. The topological polar surface area (TPSA) is 3.24 Å². The van der Waals surface area contributed by atoms with Gasteiger partial charge in [-0.05, 0) is 39.3 Å². The monoisotopic (exact) mass is 267 g/mol. The van der Waals surface area contributed by atoms with Gasteiger partial charge in [0, 0.05) is 23.5 Å². The normalized spacial score (nSPS) is 13.0. The van der Waals surface area contributed by atoms with Gasteiger partial charge in [-0.2, -0.15) is 0 Å². The van der Waals surface area contributed by atoms with Crippen LogP contribution in [0.2, 0.25) is 0 Å². The van der Waals surface area contributed by atoms with E-state index in [-0.39, 0.29) is 0 Å². The third kappa shape index (κ3) is 6.53. The predicted molar refractivity (Wildman–Crippen MR) is 64.7 cm³/mol. The Morgan fingerprint density at radius 3 is 2.54 bits per heavy atom. The number of hydrogen-bond acceptors (Lipinski definition) is 1. The summed E-state index contributed by atoms with van der Waals surface area (Å²) in [7, 11) is 0. The molecule has 0 aliphatic rings. The Hall–Kier alpha value is 0.470. The van der Waals surface area contributed by atoms with Crippen LogP contribution in [0.3, 0.4) is 0 Å². The second-order valence-corrected chi connectivity index (χ2v) is 4.57. The van der Waals surface area contributed by atoms with Crippen molar-refractivity contribution in [1.29, 1.82) is 0 Å². The van der Waals surface area contributed by atoms with E-state index in [9.17, 15) is 0 Å². The summed E-state index contributed by atoms with van der Waals surface area (Å²) >= 11 is 9.08. The van der Waals surface area contributed by atoms with Crippen LogP contribution in [0.25, 0.3) is 0 Å². The largest absolute Gasteiger partial charge is 0.297 e. The molecule has 0 saturated heterocycles. The van der Waals surface area contributed by atoms with E-state index in [1.165, 1.54) is 12.0 Å². The summed E-state index contributed by atoms with van der Waals surface area (Å²) in [6.07, 6.45) is 1.19. The lowest BCUT2D eigenvalue weighted by Gasteiger charge is -2.26. The van der Waals surface area contributed by atoms with E-state index in [4.69, 9.17) is 11.6 Å². The molecule has 0 aliphatic heterocycles. The van der Waals surface area contributed by atoms with E-state index in [1.54, 1.807) is 5.54 Å². The van der Waals surface area contributed by atoms with Crippen LogP contribution < -0.4 is 0 Å². The molecule has 0 saturated carbocycles. The van der Waals surface area contributed by atoms with Crippen LogP contribution in [-0.2, 0) is 0 Å². The summed E-state index contributed by atoms with van der Waals surface area (Å²) in [5, 5.41) is 1.07. The summed E-state index contributed by atoms with van der Waals surface area (Å²) in [6.45, 7) is 8.61. The highest BCUT2D eigenvalue weighted by molar-refractivity contribution is 9.09. The van der Waals surface area contributed by atoms with Crippen LogP contribution in [-0.4, -0.2) is 29.4 Å². The first-order valence-corrected chi connectivity index (χ1v) is 6.23. The van der Waals surface area contributed by atoms with Gasteiger partial charge in [0.25, 0.3) is 0 Å². The number of rotatable bonds is 6. The molecule has 0 heterocycles. The molecule has 0 aliphatic carbocycles. The van der Waals surface area contributed by atoms with Crippen molar-refractivity contribution in [3.05, 3.63) is 11.1 Å². The third-order valence-corrected chi connectivity index (χ3v) is 2.88. The molecule has 0 unspecified atom stereocenters. The number of halogens is 2. The minimum absolute atomic E-state index is 0.589. The van der Waals surface area contributed by atoms with Crippen molar-refractivity contribution in [2.45, 2.75) is 33.2 Å². The van der Waals surface area contributed by atoms with E-state index < -0.39 is 0 Å². The van der Waals surface area contributed by atoms with E-state index in [0.29, 0.717) is 6.04 Å². The van der Waals surface area contributed by atoms with Gasteiger partial charge in [-0.1, -0.05) is 27.5 Å². The summed E-state index contributed by atoms with van der Waals surface area (Å²) in [4.78, 5) is 2.43. The molecule has 78 valence electrons. The summed E-state index contributed by atoms with van der Waals surface area (Å²) in [5.41, 5.74) is 2.90. The van der Waals surface area contributed by atoms with Crippen LogP contribution in [0.15, 0.2) is 11.1 Å². The van der Waals surface area contributed by atoms with Gasteiger partial charge < -0.3 is 0 Å². The Labute approximate surface area is 95.3 Å². The Bertz CT molecular complexity index is 157. The molecule has 0 aromatic carbocycles. The number of hydrogen-bond donors (Lipinski definition) is 0. The van der Waals surface area contributed by atoms with Crippen molar-refractivity contribution in [3.8, 4) is 0 Å². The average molecular weight is 269 g/mol. The van der Waals surface area contributed by atoms with Crippen molar-refractivity contribution in [3.63, 3.8) is 0 Å². The van der Waals surface area contributed by atoms with Gasteiger partial charge in [0.1, 0.15) is 0 Å². The Morgan fingerprint density at radius 2 is 2.15 bits per heavy atom. The first-order chi connectivity index (χ1) is 6.11. The maximum atomic E-state index is 5.64. The van der Waals surface area contributed by atoms with Crippen molar-refractivity contribution in [2.24, 2.45) is 0 Å². The van der Waals surface area contributed by atoms with Gasteiger partial charge in [0.15, 0.2) is 0 Å². The molecule has 0 aromatic rings. The first-order valence-electron chi connectivity index (χ1n) is 4.67. The Kier molecular flexibility index (Phi) is 8.12. The highest BCUT2D eigenvalue weighted by atomic mass is 79.9. The van der Waals surface area contributed by atoms with Gasteiger partial charge in [-0.3, -0.25) is 4.90 Å². The number of nitrogens with zero attached hydrogens (tertiary/aromatic N) is 1. The third-order valence-electron chi connectivity index (χ3n) is 1.95. The maximum Gasteiger partial charge on any atom is 0.0204 e. The fourth-order valence-electron chi connectivity index (χ4n) is 1.14. The van der Waals surface area contributed by atoms with Gasteiger partial charge in [-0.25, -0.2) is 0 Å². The van der Waals surface area contributed by atoms with E-state index >= 15 is 0 Å².